The average molecular weight is 433 g/mol. The van der Waals surface area contributed by atoms with Crippen molar-refractivity contribution in [1.29, 1.82) is 0 Å². The van der Waals surface area contributed by atoms with Gasteiger partial charge in [0.25, 0.3) is 5.91 Å². The number of carbonyl (C=O) groups excluding carboxylic acids is 1. The van der Waals surface area contributed by atoms with Crippen molar-refractivity contribution in [3.05, 3.63) is 71.4 Å². The van der Waals surface area contributed by atoms with Crippen LogP contribution in [0.2, 0.25) is 0 Å². The molecule has 0 bridgehead atoms. The van der Waals surface area contributed by atoms with Crippen LogP contribution in [0.5, 0.6) is 5.75 Å². The number of fused-ring (bicyclic) bond motifs is 1. The van der Waals surface area contributed by atoms with Gasteiger partial charge < -0.3 is 14.5 Å². The van der Waals surface area contributed by atoms with E-state index in [2.05, 4.69) is 42.2 Å². The Bertz CT molecular complexity index is 1220. The number of aryl methyl sites for hydroxylation is 1. The lowest BCUT2D eigenvalue weighted by Gasteiger charge is -2.36. The number of para-hydroxylation sites is 2. The highest BCUT2D eigenvalue weighted by Crippen LogP contribution is 2.29. The molecule has 0 N–H and O–H groups in total. The predicted octanol–water partition coefficient (Wildman–Crippen LogP) is 4.34. The van der Waals surface area contributed by atoms with E-state index in [0.29, 0.717) is 18.8 Å². The quantitative estimate of drug-likeness (QED) is 0.481. The van der Waals surface area contributed by atoms with Crippen LogP contribution in [0.25, 0.3) is 16.2 Å². The van der Waals surface area contributed by atoms with Crippen molar-refractivity contribution < 1.29 is 9.53 Å². The highest BCUT2D eigenvalue weighted by atomic mass is 32.1. The lowest BCUT2D eigenvalue weighted by molar-refractivity contribution is 0.0740. The number of imidazole rings is 1. The number of aromatic nitrogens is 2. The number of piperazine rings is 1. The molecule has 4 aromatic rings. The second kappa shape index (κ2) is 8.07. The number of amides is 1. The van der Waals surface area contributed by atoms with Crippen LogP contribution in [0.15, 0.2) is 60.1 Å². The Balaban J connectivity index is 1.33. The lowest BCUT2D eigenvalue weighted by atomic mass is 10.1. The first-order valence-corrected chi connectivity index (χ1v) is 11.2. The summed E-state index contributed by atoms with van der Waals surface area (Å²) in [6, 6.07) is 16.3. The molecule has 0 aliphatic carbocycles. The Morgan fingerprint density at radius 3 is 2.52 bits per heavy atom. The standard InChI is InChI=1S/C24H24N4O2S/c1-17-7-9-18(10-8-17)19-15-28-21(16-31-24(28)25-19)23(29)27-13-11-26(12-14-27)20-5-3-4-6-22(20)30-2/h3-10,15-16H,11-14H2,1-2H3. The molecule has 1 amide bonds. The summed E-state index contributed by atoms with van der Waals surface area (Å²) in [5.74, 6) is 0.919. The molecule has 0 saturated carbocycles. The predicted molar refractivity (Wildman–Crippen MR) is 124 cm³/mol. The zero-order valence-corrected chi connectivity index (χ0v) is 18.4. The van der Waals surface area contributed by atoms with Gasteiger partial charge in [0.2, 0.25) is 0 Å². The van der Waals surface area contributed by atoms with Crippen molar-refractivity contribution in [2.24, 2.45) is 0 Å². The van der Waals surface area contributed by atoms with E-state index in [4.69, 9.17) is 9.72 Å². The summed E-state index contributed by atoms with van der Waals surface area (Å²) in [5.41, 5.74) is 4.92. The lowest BCUT2D eigenvalue weighted by Crippen LogP contribution is -2.49. The molecule has 5 rings (SSSR count). The average Bonchev–Trinajstić information content (AvgIpc) is 3.40. The number of rotatable bonds is 4. The van der Waals surface area contributed by atoms with E-state index in [1.165, 1.54) is 16.9 Å². The maximum atomic E-state index is 13.3. The Kier molecular flexibility index (Phi) is 5.11. The minimum atomic E-state index is 0.0544. The number of ether oxygens (including phenoxy) is 1. The molecule has 1 saturated heterocycles. The molecule has 0 atom stereocenters. The normalized spacial score (nSPS) is 14.3. The monoisotopic (exact) mass is 432 g/mol. The van der Waals surface area contributed by atoms with E-state index in [1.54, 1.807) is 7.11 Å². The van der Waals surface area contributed by atoms with E-state index >= 15 is 0 Å². The number of hydrogen-bond donors (Lipinski definition) is 0. The van der Waals surface area contributed by atoms with Crippen LogP contribution in [0.1, 0.15) is 16.1 Å². The highest BCUT2D eigenvalue weighted by Gasteiger charge is 2.26. The third-order valence-electron chi connectivity index (χ3n) is 5.77. The maximum Gasteiger partial charge on any atom is 0.271 e. The molecule has 31 heavy (non-hydrogen) atoms. The molecule has 0 radical (unpaired) electrons. The molecule has 0 spiro atoms. The molecule has 2 aromatic heterocycles. The van der Waals surface area contributed by atoms with Crippen LogP contribution in [-0.2, 0) is 0 Å². The fraction of sp³-hybridized carbons (Fsp3) is 0.250. The first kappa shape index (κ1) is 19.6. The molecular formula is C24H24N4O2S. The molecule has 3 heterocycles. The van der Waals surface area contributed by atoms with E-state index in [9.17, 15) is 4.79 Å². The molecule has 158 valence electrons. The fourth-order valence-corrected chi connectivity index (χ4v) is 4.85. The third-order valence-corrected chi connectivity index (χ3v) is 6.61. The molecule has 6 nitrogen and oxygen atoms in total. The summed E-state index contributed by atoms with van der Waals surface area (Å²) in [4.78, 5) is 23.0. The van der Waals surface area contributed by atoms with E-state index in [1.807, 2.05) is 39.1 Å². The number of methoxy groups -OCH3 is 1. The smallest absolute Gasteiger partial charge is 0.271 e. The summed E-state index contributed by atoms with van der Waals surface area (Å²) in [6.45, 7) is 4.97. The maximum absolute atomic E-state index is 13.3. The zero-order valence-electron chi connectivity index (χ0n) is 17.6. The van der Waals surface area contributed by atoms with Crippen LogP contribution in [0, 0.1) is 6.92 Å². The van der Waals surface area contributed by atoms with Crippen molar-refractivity contribution in [3.8, 4) is 17.0 Å². The van der Waals surface area contributed by atoms with Gasteiger partial charge in [-0.1, -0.05) is 42.0 Å². The number of anilines is 1. The Morgan fingerprint density at radius 1 is 1.03 bits per heavy atom. The van der Waals surface area contributed by atoms with Crippen LogP contribution in [0.4, 0.5) is 5.69 Å². The van der Waals surface area contributed by atoms with Gasteiger partial charge in [-0.05, 0) is 19.1 Å². The number of nitrogens with zero attached hydrogens (tertiary/aromatic N) is 4. The summed E-state index contributed by atoms with van der Waals surface area (Å²) < 4.78 is 7.42. The van der Waals surface area contributed by atoms with E-state index < -0.39 is 0 Å². The van der Waals surface area contributed by atoms with Crippen LogP contribution < -0.4 is 9.64 Å². The topological polar surface area (TPSA) is 50.1 Å². The second-order valence-corrected chi connectivity index (χ2v) is 8.55. The van der Waals surface area contributed by atoms with Crippen LogP contribution >= 0.6 is 11.3 Å². The third kappa shape index (κ3) is 3.65. The first-order chi connectivity index (χ1) is 15.1. The zero-order chi connectivity index (χ0) is 21.4. The largest absolute Gasteiger partial charge is 0.495 e. The highest BCUT2D eigenvalue weighted by molar-refractivity contribution is 7.15. The van der Waals surface area contributed by atoms with Crippen molar-refractivity contribution in [3.63, 3.8) is 0 Å². The van der Waals surface area contributed by atoms with Gasteiger partial charge in [-0.3, -0.25) is 9.20 Å². The van der Waals surface area contributed by atoms with Crippen molar-refractivity contribution in [1.82, 2.24) is 14.3 Å². The summed E-state index contributed by atoms with van der Waals surface area (Å²) in [6.07, 6.45) is 1.97. The summed E-state index contributed by atoms with van der Waals surface area (Å²) >= 11 is 1.50. The number of carbonyl (C=O) groups is 1. The summed E-state index contributed by atoms with van der Waals surface area (Å²) in [7, 11) is 1.69. The number of hydrogen-bond acceptors (Lipinski definition) is 5. The van der Waals surface area contributed by atoms with Gasteiger partial charge in [0.15, 0.2) is 4.96 Å². The molecule has 1 aliphatic rings. The van der Waals surface area contributed by atoms with Gasteiger partial charge in [-0.15, -0.1) is 11.3 Å². The molecule has 0 unspecified atom stereocenters. The minimum absolute atomic E-state index is 0.0544. The van der Waals surface area contributed by atoms with Gasteiger partial charge in [-0.25, -0.2) is 4.98 Å². The molecule has 7 heteroatoms. The van der Waals surface area contributed by atoms with Crippen LogP contribution in [-0.4, -0.2) is 53.5 Å². The Morgan fingerprint density at radius 2 is 1.77 bits per heavy atom. The fourth-order valence-electron chi connectivity index (χ4n) is 4.00. The van der Waals surface area contributed by atoms with Gasteiger partial charge >= 0.3 is 0 Å². The summed E-state index contributed by atoms with van der Waals surface area (Å²) in [5, 5.41) is 1.91. The van der Waals surface area contributed by atoms with Gasteiger partial charge in [0.1, 0.15) is 11.4 Å². The van der Waals surface area contributed by atoms with E-state index in [0.717, 1.165) is 40.7 Å². The first-order valence-electron chi connectivity index (χ1n) is 10.3. The molecule has 1 fully saturated rings. The van der Waals surface area contributed by atoms with Crippen molar-refractivity contribution >= 4 is 27.9 Å². The molecule has 1 aliphatic heterocycles. The molecule has 2 aromatic carbocycles. The van der Waals surface area contributed by atoms with Gasteiger partial charge in [-0.2, -0.15) is 0 Å². The SMILES string of the molecule is COc1ccccc1N1CCN(C(=O)c2csc3nc(-c4ccc(C)cc4)cn23)CC1. The second-order valence-electron chi connectivity index (χ2n) is 7.72. The van der Waals surface area contributed by atoms with Crippen LogP contribution in [0.3, 0.4) is 0 Å². The number of benzene rings is 2. The molecular weight excluding hydrogens is 408 g/mol. The van der Waals surface area contributed by atoms with Crippen molar-refractivity contribution in [2.75, 3.05) is 38.2 Å². The van der Waals surface area contributed by atoms with Gasteiger partial charge in [0.05, 0.1) is 18.5 Å². The van der Waals surface area contributed by atoms with E-state index in [-0.39, 0.29) is 5.91 Å². The Hall–Kier alpha value is -3.32. The minimum Gasteiger partial charge on any atom is -0.495 e. The van der Waals surface area contributed by atoms with Gasteiger partial charge in [0, 0.05) is 43.3 Å². The van der Waals surface area contributed by atoms with Crippen molar-refractivity contribution in [2.45, 2.75) is 6.92 Å². The Labute approximate surface area is 185 Å². The number of thiazole rings is 1.